The Morgan fingerprint density at radius 2 is 1.83 bits per heavy atom. The van der Waals surface area contributed by atoms with Crippen molar-refractivity contribution in [3.8, 4) is 0 Å². The number of hydrogen-bond donors (Lipinski definition) is 1. The fourth-order valence-electron chi connectivity index (χ4n) is 2.82. The molecule has 0 aliphatic rings. The zero-order valence-electron chi connectivity index (χ0n) is 13.6. The summed E-state index contributed by atoms with van der Waals surface area (Å²) in [5, 5.41) is 3.97. The van der Waals surface area contributed by atoms with Crippen molar-refractivity contribution in [3.63, 3.8) is 0 Å². The molecule has 1 amide bonds. The predicted octanol–water partition coefficient (Wildman–Crippen LogP) is 4.92. The topological polar surface area (TPSA) is 42.0 Å². The van der Waals surface area contributed by atoms with Gasteiger partial charge in [0.1, 0.15) is 0 Å². The molecule has 2 aromatic carbocycles. The van der Waals surface area contributed by atoms with Gasteiger partial charge in [-0.3, -0.25) is 9.78 Å². The fraction of sp³-hybridized carbons (Fsp3) is 0.200. The van der Waals surface area contributed by atoms with E-state index in [2.05, 4.69) is 30.2 Å². The smallest absolute Gasteiger partial charge is 0.256 e. The number of aryl methyl sites for hydroxylation is 1. The Balaban J connectivity index is 2.02. The number of rotatable bonds is 3. The Hall–Kier alpha value is -2.68. The zero-order valence-corrected chi connectivity index (χ0v) is 13.6. The van der Waals surface area contributed by atoms with E-state index in [0.717, 1.165) is 27.7 Å². The lowest BCUT2D eigenvalue weighted by Crippen LogP contribution is -2.15. The molecule has 3 aromatic rings. The summed E-state index contributed by atoms with van der Waals surface area (Å²) < 4.78 is 0. The van der Waals surface area contributed by atoms with Crippen LogP contribution in [0.3, 0.4) is 0 Å². The molecule has 1 heterocycles. The van der Waals surface area contributed by atoms with Crippen LogP contribution in [0.4, 0.5) is 5.69 Å². The number of pyridine rings is 1. The lowest BCUT2D eigenvalue weighted by molar-refractivity contribution is 0.102. The van der Waals surface area contributed by atoms with Gasteiger partial charge in [-0.1, -0.05) is 44.2 Å². The van der Waals surface area contributed by atoms with Gasteiger partial charge in [0, 0.05) is 22.8 Å². The molecule has 1 aromatic heterocycles. The third-order valence-electron chi connectivity index (χ3n) is 4.06. The maximum absolute atomic E-state index is 12.8. The monoisotopic (exact) mass is 304 g/mol. The number of para-hydroxylation sites is 1. The summed E-state index contributed by atoms with van der Waals surface area (Å²) >= 11 is 0. The highest BCUT2D eigenvalue weighted by Gasteiger charge is 2.15. The van der Waals surface area contributed by atoms with E-state index in [0.29, 0.717) is 11.5 Å². The minimum Gasteiger partial charge on any atom is -0.321 e. The van der Waals surface area contributed by atoms with Crippen LogP contribution in [-0.2, 0) is 0 Å². The van der Waals surface area contributed by atoms with Gasteiger partial charge in [0.25, 0.3) is 5.91 Å². The number of carbonyl (C=O) groups is 1. The van der Waals surface area contributed by atoms with Crippen molar-refractivity contribution in [3.05, 3.63) is 71.4 Å². The molecule has 0 aliphatic carbocycles. The summed E-state index contributed by atoms with van der Waals surface area (Å²) in [6.45, 7) is 6.28. The Labute approximate surface area is 136 Å². The molecule has 1 N–H and O–H groups in total. The van der Waals surface area contributed by atoms with E-state index >= 15 is 0 Å². The molecule has 3 rings (SSSR count). The third kappa shape index (κ3) is 2.95. The van der Waals surface area contributed by atoms with Crippen molar-refractivity contribution in [1.82, 2.24) is 4.98 Å². The Morgan fingerprint density at radius 1 is 1.04 bits per heavy atom. The van der Waals surface area contributed by atoms with Crippen LogP contribution < -0.4 is 5.32 Å². The first-order chi connectivity index (χ1) is 11.1. The van der Waals surface area contributed by atoms with E-state index in [1.54, 1.807) is 6.20 Å². The highest BCUT2D eigenvalue weighted by atomic mass is 16.1. The van der Waals surface area contributed by atoms with Crippen LogP contribution in [-0.4, -0.2) is 10.9 Å². The summed E-state index contributed by atoms with van der Waals surface area (Å²) in [5.74, 6) is 0.249. The molecule has 0 fully saturated rings. The average molecular weight is 304 g/mol. The quantitative estimate of drug-likeness (QED) is 0.746. The molecule has 116 valence electrons. The van der Waals surface area contributed by atoms with Gasteiger partial charge < -0.3 is 5.32 Å². The summed E-state index contributed by atoms with van der Waals surface area (Å²) in [6, 6.07) is 15.5. The molecule has 0 saturated carbocycles. The van der Waals surface area contributed by atoms with Gasteiger partial charge in [-0.05, 0) is 42.2 Å². The van der Waals surface area contributed by atoms with Crippen molar-refractivity contribution in [2.75, 3.05) is 5.32 Å². The van der Waals surface area contributed by atoms with E-state index in [1.807, 2.05) is 49.4 Å². The van der Waals surface area contributed by atoms with E-state index < -0.39 is 0 Å². The molecule has 0 spiro atoms. The number of hydrogen-bond acceptors (Lipinski definition) is 2. The minimum atomic E-state index is -0.0974. The van der Waals surface area contributed by atoms with Crippen molar-refractivity contribution in [1.29, 1.82) is 0 Å². The van der Waals surface area contributed by atoms with E-state index in [-0.39, 0.29) is 5.91 Å². The van der Waals surface area contributed by atoms with Crippen LogP contribution >= 0.6 is 0 Å². The normalized spacial score (nSPS) is 11.0. The van der Waals surface area contributed by atoms with Gasteiger partial charge in [-0.15, -0.1) is 0 Å². The van der Waals surface area contributed by atoms with Crippen molar-refractivity contribution >= 4 is 22.5 Å². The molecule has 0 radical (unpaired) electrons. The second-order valence-corrected chi connectivity index (χ2v) is 6.02. The lowest BCUT2D eigenvalue weighted by Gasteiger charge is -2.17. The highest BCUT2D eigenvalue weighted by Crippen LogP contribution is 2.28. The van der Waals surface area contributed by atoms with Gasteiger partial charge in [-0.25, -0.2) is 0 Å². The second kappa shape index (κ2) is 6.21. The van der Waals surface area contributed by atoms with Gasteiger partial charge in [0.15, 0.2) is 0 Å². The summed E-state index contributed by atoms with van der Waals surface area (Å²) in [7, 11) is 0. The van der Waals surface area contributed by atoms with Gasteiger partial charge in [0.2, 0.25) is 0 Å². The molecule has 0 bridgehead atoms. The molecule has 3 heteroatoms. The molecule has 0 saturated heterocycles. The molecule has 23 heavy (non-hydrogen) atoms. The van der Waals surface area contributed by atoms with Crippen LogP contribution in [0.1, 0.15) is 41.3 Å². The lowest BCUT2D eigenvalue weighted by atomic mass is 9.97. The number of anilines is 1. The Kier molecular flexibility index (Phi) is 4.11. The molecule has 0 atom stereocenters. The zero-order chi connectivity index (χ0) is 16.4. The molecule has 0 unspecified atom stereocenters. The number of amides is 1. The number of carbonyl (C=O) groups excluding carboxylic acids is 1. The molecule has 3 nitrogen and oxygen atoms in total. The van der Waals surface area contributed by atoms with Crippen LogP contribution in [0.5, 0.6) is 0 Å². The first kappa shape index (κ1) is 15.2. The maximum Gasteiger partial charge on any atom is 0.256 e. The number of fused-ring (bicyclic) bond motifs is 1. The third-order valence-corrected chi connectivity index (χ3v) is 4.06. The van der Waals surface area contributed by atoms with Crippen molar-refractivity contribution in [2.24, 2.45) is 0 Å². The van der Waals surface area contributed by atoms with E-state index in [1.165, 1.54) is 0 Å². The van der Waals surface area contributed by atoms with Crippen molar-refractivity contribution < 1.29 is 4.79 Å². The average Bonchev–Trinajstić information content (AvgIpc) is 2.55. The van der Waals surface area contributed by atoms with E-state index in [9.17, 15) is 4.79 Å². The predicted molar refractivity (Wildman–Crippen MR) is 95.0 cm³/mol. The number of nitrogens with one attached hydrogen (secondary N) is 1. The Morgan fingerprint density at radius 3 is 2.61 bits per heavy atom. The fourth-order valence-corrected chi connectivity index (χ4v) is 2.82. The second-order valence-electron chi connectivity index (χ2n) is 6.02. The van der Waals surface area contributed by atoms with Crippen molar-refractivity contribution in [2.45, 2.75) is 26.7 Å². The van der Waals surface area contributed by atoms with Crippen LogP contribution in [0.15, 0.2) is 54.7 Å². The van der Waals surface area contributed by atoms with Gasteiger partial charge >= 0.3 is 0 Å². The number of aromatic nitrogens is 1. The standard InChI is InChI=1S/C20H20N2O/c1-13(2)15-8-4-7-14(3)19(15)22-20(23)17-9-5-11-18-16(17)10-6-12-21-18/h4-13H,1-3H3,(H,22,23). The summed E-state index contributed by atoms with van der Waals surface area (Å²) in [6.07, 6.45) is 1.74. The maximum atomic E-state index is 12.8. The summed E-state index contributed by atoms with van der Waals surface area (Å²) in [4.78, 5) is 17.1. The number of benzene rings is 2. The molecular formula is C20H20N2O. The Bertz CT molecular complexity index is 863. The first-order valence-electron chi connectivity index (χ1n) is 7.82. The van der Waals surface area contributed by atoms with Gasteiger partial charge in [-0.2, -0.15) is 0 Å². The minimum absolute atomic E-state index is 0.0974. The van der Waals surface area contributed by atoms with Crippen LogP contribution in [0, 0.1) is 6.92 Å². The molecular weight excluding hydrogens is 284 g/mol. The highest BCUT2D eigenvalue weighted by molar-refractivity contribution is 6.12. The summed E-state index contributed by atoms with van der Waals surface area (Å²) in [5.41, 5.74) is 4.61. The largest absolute Gasteiger partial charge is 0.321 e. The van der Waals surface area contributed by atoms with Crippen LogP contribution in [0.2, 0.25) is 0 Å². The van der Waals surface area contributed by atoms with E-state index in [4.69, 9.17) is 0 Å². The molecule has 0 aliphatic heterocycles. The number of nitrogens with zero attached hydrogens (tertiary/aromatic N) is 1. The van der Waals surface area contributed by atoms with Gasteiger partial charge in [0.05, 0.1) is 5.52 Å². The van der Waals surface area contributed by atoms with Crippen LogP contribution in [0.25, 0.3) is 10.9 Å². The first-order valence-corrected chi connectivity index (χ1v) is 7.82. The SMILES string of the molecule is Cc1cccc(C(C)C)c1NC(=O)c1cccc2ncccc12.